The van der Waals surface area contributed by atoms with Gasteiger partial charge >= 0.3 is 0 Å². The van der Waals surface area contributed by atoms with E-state index in [4.69, 9.17) is 16.0 Å². The molecule has 0 saturated carbocycles. The summed E-state index contributed by atoms with van der Waals surface area (Å²) >= 11 is 5.69. The summed E-state index contributed by atoms with van der Waals surface area (Å²) in [7, 11) is 0. The second-order valence-electron chi connectivity index (χ2n) is 4.12. The van der Waals surface area contributed by atoms with E-state index in [0.717, 1.165) is 24.1 Å². The monoisotopic (exact) mass is 267 g/mol. The average Bonchev–Trinajstić information content (AvgIpc) is 2.85. The van der Waals surface area contributed by atoms with E-state index in [1.807, 2.05) is 19.1 Å². The Morgan fingerprint density at radius 3 is 2.83 bits per heavy atom. The Morgan fingerprint density at radius 2 is 2.22 bits per heavy atom. The lowest BCUT2D eigenvalue weighted by molar-refractivity contribution is 0.531. The van der Waals surface area contributed by atoms with Gasteiger partial charge in [-0.25, -0.2) is 4.39 Å². The van der Waals surface area contributed by atoms with Crippen LogP contribution in [0.25, 0.3) is 0 Å². The maximum atomic E-state index is 13.5. The molecule has 0 aliphatic rings. The Kier molecular flexibility index (Phi) is 4.39. The highest BCUT2D eigenvalue weighted by atomic mass is 35.5. The highest BCUT2D eigenvalue weighted by molar-refractivity contribution is 6.30. The molecule has 1 N–H and O–H groups in total. The highest BCUT2D eigenvalue weighted by Gasteiger charge is 2.13. The largest absolute Gasteiger partial charge is 0.472 e. The van der Waals surface area contributed by atoms with Gasteiger partial charge in [-0.05, 0) is 42.3 Å². The summed E-state index contributed by atoms with van der Waals surface area (Å²) in [5.74, 6) is -0.385. The van der Waals surface area contributed by atoms with Gasteiger partial charge in [0.25, 0.3) is 0 Å². The van der Waals surface area contributed by atoms with E-state index in [2.05, 4.69) is 5.32 Å². The lowest BCUT2D eigenvalue weighted by Gasteiger charge is -2.18. The summed E-state index contributed by atoms with van der Waals surface area (Å²) in [6, 6.07) is 6.89. The predicted octanol–water partition coefficient (Wildman–Crippen LogP) is 3.97. The zero-order chi connectivity index (χ0) is 13.0. The van der Waals surface area contributed by atoms with Gasteiger partial charge in [-0.2, -0.15) is 0 Å². The Labute approximate surface area is 111 Å². The molecular weight excluding hydrogens is 253 g/mol. The third-order valence-corrected chi connectivity index (χ3v) is 3.12. The van der Waals surface area contributed by atoms with Gasteiger partial charge in [0.2, 0.25) is 0 Å². The van der Waals surface area contributed by atoms with Crippen LogP contribution in [0.15, 0.2) is 41.2 Å². The van der Waals surface area contributed by atoms with Gasteiger partial charge in [0.15, 0.2) is 0 Å². The molecule has 0 radical (unpaired) electrons. The fourth-order valence-corrected chi connectivity index (χ4v) is 2.05. The molecule has 18 heavy (non-hydrogen) atoms. The molecule has 0 aliphatic heterocycles. The topological polar surface area (TPSA) is 25.2 Å². The van der Waals surface area contributed by atoms with E-state index in [0.29, 0.717) is 0 Å². The molecule has 0 bridgehead atoms. The molecule has 0 aliphatic carbocycles. The molecule has 0 amide bonds. The van der Waals surface area contributed by atoms with Crippen molar-refractivity contribution in [2.24, 2.45) is 0 Å². The summed E-state index contributed by atoms with van der Waals surface area (Å²) in [6.07, 6.45) is 4.10. The molecule has 0 spiro atoms. The summed E-state index contributed by atoms with van der Waals surface area (Å²) in [5.41, 5.74) is 1.97. The summed E-state index contributed by atoms with van der Waals surface area (Å²) in [6.45, 7) is 2.83. The van der Waals surface area contributed by atoms with Gasteiger partial charge in [-0.1, -0.05) is 24.6 Å². The van der Waals surface area contributed by atoms with Crippen LogP contribution in [0.3, 0.4) is 0 Å². The van der Waals surface area contributed by atoms with Crippen LogP contribution in [0, 0.1) is 5.82 Å². The smallest absolute Gasteiger partial charge is 0.142 e. The van der Waals surface area contributed by atoms with E-state index in [9.17, 15) is 4.39 Å². The van der Waals surface area contributed by atoms with E-state index in [1.165, 1.54) is 6.07 Å². The number of likely N-dealkylation sites (N-methyl/N-ethyl adjacent to an activating group) is 1. The van der Waals surface area contributed by atoms with Crippen molar-refractivity contribution in [2.75, 3.05) is 6.54 Å². The lowest BCUT2D eigenvalue weighted by Crippen LogP contribution is -2.22. The summed E-state index contributed by atoms with van der Waals surface area (Å²) in [4.78, 5) is 0. The molecule has 2 rings (SSSR count). The van der Waals surface area contributed by atoms with Crippen LogP contribution in [0.2, 0.25) is 5.02 Å². The van der Waals surface area contributed by atoms with Crippen LogP contribution >= 0.6 is 11.6 Å². The molecule has 1 unspecified atom stereocenters. The van der Waals surface area contributed by atoms with Gasteiger partial charge in [0.1, 0.15) is 5.82 Å². The van der Waals surface area contributed by atoms with Crippen molar-refractivity contribution in [3.8, 4) is 0 Å². The van der Waals surface area contributed by atoms with Crippen molar-refractivity contribution < 1.29 is 8.81 Å². The standard InChI is InChI=1S/C14H15ClFNO/c1-2-17-14(7-10-5-6-18-9-10)11-3-4-12(15)13(16)8-11/h3-6,8-9,14,17H,2,7H2,1H3. The average molecular weight is 268 g/mol. The van der Waals surface area contributed by atoms with Crippen LogP contribution in [-0.2, 0) is 6.42 Å². The molecule has 0 fully saturated rings. The Bertz CT molecular complexity index is 499. The van der Waals surface area contributed by atoms with Crippen molar-refractivity contribution in [3.63, 3.8) is 0 Å². The predicted molar refractivity (Wildman–Crippen MR) is 70.2 cm³/mol. The summed E-state index contributed by atoms with van der Waals surface area (Å²) in [5, 5.41) is 3.48. The van der Waals surface area contributed by atoms with Crippen LogP contribution in [0.4, 0.5) is 4.39 Å². The van der Waals surface area contributed by atoms with Gasteiger partial charge in [0.05, 0.1) is 17.5 Å². The van der Waals surface area contributed by atoms with Crippen molar-refractivity contribution in [1.82, 2.24) is 5.32 Å². The molecule has 2 nitrogen and oxygen atoms in total. The third-order valence-electron chi connectivity index (χ3n) is 2.82. The van der Waals surface area contributed by atoms with Crippen LogP contribution in [0.1, 0.15) is 24.1 Å². The third kappa shape index (κ3) is 3.12. The van der Waals surface area contributed by atoms with Crippen LogP contribution < -0.4 is 5.32 Å². The number of halogens is 2. The summed E-state index contributed by atoms with van der Waals surface area (Å²) < 4.78 is 18.5. The van der Waals surface area contributed by atoms with Crippen molar-refractivity contribution in [2.45, 2.75) is 19.4 Å². The van der Waals surface area contributed by atoms with Crippen molar-refractivity contribution in [1.29, 1.82) is 0 Å². The Morgan fingerprint density at radius 1 is 1.39 bits per heavy atom. The van der Waals surface area contributed by atoms with Crippen molar-refractivity contribution >= 4 is 11.6 Å². The van der Waals surface area contributed by atoms with Gasteiger partial charge in [-0.3, -0.25) is 0 Å². The number of furan rings is 1. The zero-order valence-electron chi connectivity index (χ0n) is 10.1. The minimum Gasteiger partial charge on any atom is -0.472 e. The fourth-order valence-electron chi connectivity index (χ4n) is 1.93. The molecular formula is C14H15ClFNO. The minimum atomic E-state index is -0.385. The number of rotatable bonds is 5. The minimum absolute atomic E-state index is 0.0550. The molecule has 1 atom stereocenters. The number of hydrogen-bond acceptors (Lipinski definition) is 2. The Hall–Kier alpha value is -1.32. The highest BCUT2D eigenvalue weighted by Crippen LogP contribution is 2.23. The van der Waals surface area contributed by atoms with E-state index >= 15 is 0 Å². The SMILES string of the molecule is CCNC(Cc1ccoc1)c1ccc(Cl)c(F)c1. The van der Waals surface area contributed by atoms with Gasteiger partial charge in [0, 0.05) is 6.04 Å². The molecule has 1 heterocycles. The second kappa shape index (κ2) is 6.03. The Balaban J connectivity index is 2.20. The number of benzene rings is 1. The first-order valence-electron chi connectivity index (χ1n) is 5.90. The quantitative estimate of drug-likeness (QED) is 0.887. The van der Waals surface area contributed by atoms with E-state index in [1.54, 1.807) is 18.6 Å². The zero-order valence-corrected chi connectivity index (χ0v) is 10.9. The molecule has 4 heteroatoms. The molecule has 2 aromatic rings. The van der Waals surface area contributed by atoms with E-state index < -0.39 is 0 Å². The molecule has 1 aromatic carbocycles. The van der Waals surface area contributed by atoms with Gasteiger partial charge < -0.3 is 9.73 Å². The normalized spacial score (nSPS) is 12.6. The first kappa shape index (κ1) is 13.1. The fraction of sp³-hybridized carbons (Fsp3) is 0.286. The lowest BCUT2D eigenvalue weighted by atomic mass is 10.0. The first-order valence-corrected chi connectivity index (χ1v) is 6.28. The maximum Gasteiger partial charge on any atom is 0.142 e. The molecule has 1 aromatic heterocycles. The van der Waals surface area contributed by atoms with Crippen molar-refractivity contribution in [3.05, 3.63) is 58.8 Å². The van der Waals surface area contributed by atoms with Gasteiger partial charge in [-0.15, -0.1) is 0 Å². The van der Waals surface area contributed by atoms with Crippen LogP contribution in [-0.4, -0.2) is 6.54 Å². The first-order chi connectivity index (χ1) is 8.70. The second-order valence-corrected chi connectivity index (χ2v) is 4.53. The van der Waals surface area contributed by atoms with E-state index in [-0.39, 0.29) is 16.9 Å². The molecule has 96 valence electrons. The maximum absolute atomic E-state index is 13.5. The van der Waals surface area contributed by atoms with Crippen LogP contribution in [0.5, 0.6) is 0 Å². The number of nitrogens with one attached hydrogen (secondary N) is 1. The molecule has 0 saturated heterocycles. The number of hydrogen-bond donors (Lipinski definition) is 1.